The second-order valence-electron chi connectivity index (χ2n) is 7.85. The molecule has 0 bridgehead atoms. The highest BCUT2D eigenvalue weighted by Gasteiger charge is 2.35. The van der Waals surface area contributed by atoms with Crippen LogP contribution in [0.3, 0.4) is 0 Å². The molecule has 3 heterocycles. The minimum absolute atomic E-state index is 0.0897. The average Bonchev–Trinajstić information content (AvgIpc) is 3.28. The van der Waals surface area contributed by atoms with Crippen LogP contribution in [0.25, 0.3) is 10.4 Å². The summed E-state index contributed by atoms with van der Waals surface area (Å²) < 4.78 is 4.38. The molecule has 1 aliphatic heterocycles. The molecular weight excluding hydrogens is 428 g/mol. The van der Waals surface area contributed by atoms with Crippen molar-refractivity contribution in [3.63, 3.8) is 0 Å². The van der Waals surface area contributed by atoms with Crippen LogP contribution in [0.2, 0.25) is 0 Å². The Labute approximate surface area is 188 Å². The Balaban J connectivity index is 1.28. The fourth-order valence-electron chi connectivity index (χ4n) is 3.74. The third-order valence-electron chi connectivity index (χ3n) is 5.77. The predicted octanol–water partition coefficient (Wildman–Crippen LogP) is 4.29. The van der Waals surface area contributed by atoms with Gasteiger partial charge >= 0.3 is 0 Å². The molecule has 0 unspecified atom stereocenters. The van der Waals surface area contributed by atoms with Crippen molar-refractivity contribution in [2.75, 3.05) is 13.1 Å². The van der Waals surface area contributed by atoms with E-state index in [0.717, 1.165) is 24.2 Å². The van der Waals surface area contributed by atoms with Crippen LogP contribution in [0.5, 0.6) is 0 Å². The van der Waals surface area contributed by atoms with Crippen molar-refractivity contribution in [1.82, 2.24) is 19.2 Å². The predicted molar refractivity (Wildman–Crippen MR) is 123 cm³/mol. The Hall–Kier alpha value is -2.91. The molecule has 3 aromatic rings. The monoisotopic (exact) mass is 450 g/mol. The van der Waals surface area contributed by atoms with Gasteiger partial charge in [0.1, 0.15) is 11.7 Å². The number of hydrogen-bond donors (Lipinski definition) is 2. The van der Waals surface area contributed by atoms with Gasteiger partial charge in [-0.3, -0.25) is 15.6 Å². The highest BCUT2D eigenvalue weighted by Crippen LogP contribution is 2.38. The zero-order valence-electron chi connectivity index (χ0n) is 17.0. The fraction of sp³-hybridized carbons (Fsp3) is 0.318. The lowest BCUT2D eigenvalue weighted by Gasteiger charge is -2.40. The number of amides is 1. The summed E-state index contributed by atoms with van der Waals surface area (Å²) >= 11 is 2.89. The van der Waals surface area contributed by atoms with Crippen LogP contribution in [0, 0.1) is 10.8 Å². The standard InChI is InChI=1S/C22H22N6OS2/c1-13-18(23)28(19(24)21-25-20(26-31-21)15-6-7-15)11-10-27(13)22(29)16-8-4-14(5-9-16)17-3-2-12-30-17/h2-5,8-9,12-13,15,23-24H,6-7,10-11H2,1H3/t13-/m1/s1. The molecule has 2 aliphatic rings. The van der Waals surface area contributed by atoms with Gasteiger partial charge in [-0.1, -0.05) is 18.2 Å². The van der Waals surface area contributed by atoms with Crippen LogP contribution in [-0.4, -0.2) is 55.9 Å². The Morgan fingerprint density at radius 2 is 1.94 bits per heavy atom. The lowest BCUT2D eigenvalue weighted by molar-refractivity contribution is 0.0701. The van der Waals surface area contributed by atoms with E-state index in [9.17, 15) is 4.79 Å². The van der Waals surface area contributed by atoms with Crippen LogP contribution >= 0.6 is 22.9 Å². The van der Waals surface area contributed by atoms with Crippen molar-refractivity contribution < 1.29 is 4.79 Å². The molecule has 2 N–H and O–H groups in total. The molecule has 1 atom stereocenters. The first kappa shape index (κ1) is 20.0. The Morgan fingerprint density at radius 1 is 1.16 bits per heavy atom. The average molecular weight is 451 g/mol. The number of benzene rings is 1. The summed E-state index contributed by atoms with van der Waals surface area (Å²) in [5.41, 5.74) is 1.70. The first-order valence-corrected chi connectivity index (χ1v) is 11.9. The van der Waals surface area contributed by atoms with Crippen LogP contribution in [-0.2, 0) is 0 Å². The van der Waals surface area contributed by atoms with Crippen LogP contribution in [0.4, 0.5) is 0 Å². The molecule has 1 amide bonds. The molecule has 5 rings (SSSR count). The molecule has 1 aromatic carbocycles. The van der Waals surface area contributed by atoms with Gasteiger partial charge in [0, 0.05) is 29.4 Å². The molecular formula is C22H22N6OS2. The van der Waals surface area contributed by atoms with Gasteiger partial charge in [-0.15, -0.1) is 11.3 Å². The van der Waals surface area contributed by atoms with Gasteiger partial charge in [0.05, 0.1) is 6.04 Å². The number of amidine groups is 2. The molecule has 1 saturated carbocycles. The summed E-state index contributed by atoms with van der Waals surface area (Å²) in [6.07, 6.45) is 2.23. The number of carbonyl (C=O) groups is 1. The quantitative estimate of drug-likeness (QED) is 0.458. The van der Waals surface area contributed by atoms with E-state index in [1.54, 1.807) is 21.1 Å². The second kappa shape index (κ2) is 7.97. The van der Waals surface area contributed by atoms with Gasteiger partial charge in [-0.25, -0.2) is 4.98 Å². The molecule has 1 aliphatic carbocycles. The smallest absolute Gasteiger partial charge is 0.254 e. The second-order valence-corrected chi connectivity index (χ2v) is 9.55. The Bertz CT molecular complexity index is 1130. The number of rotatable bonds is 4. The van der Waals surface area contributed by atoms with Crippen LogP contribution in [0.1, 0.15) is 46.9 Å². The first-order valence-electron chi connectivity index (χ1n) is 10.3. The molecule has 1 saturated heterocycles. The van der Waals surface area contributed by atoms with E-state index in [-0.39, 0.29) is 17.6 Å². The maximum absolute atomic E-state index is 13.1. The zero-order chi connectivity index (χ0) is 21.5. The maximum Gasteiger partial charge on any atom is 0.254 e. The van der Waals surface area contributed by atoms with E-state index in [1.165, 1.54) is 16.4 Å². The summed E-state index contributed by atoms with van der Waals surface area (Å²) in [4.78, 5) is 22.2. The summed E-state index contributed by atoms with van der Waals surface area (Å²) in [5, 5.41) is 19.7. The van der Waals surface area contributed by atoms with Crippen molar-refractivity contribution in [3.05, 3.63) is 58.2 Å². The highest BCUT2D eigenvalue weighted by atomic mass is 32.1. The number of thiophene rings is 1. The third-order valence-corrected chi connectivity index (χ3v) is 7.43. The van der Waals surface area contributed by atoms with Gasteiger partial charge in [-0.2, -0.15) is 4.37 Å². The number of nitrogens with zero attached hydrogens (tertiary/aromatic N) is 4. The van der Waals surface area contributed by atoms with Crippen molar-refractivity contribution in [1.29, 1.82) is 10.8 Å². The van der Waals surface area contributed by atoms with E-state index in [2.05, 4.69) is 15.4 Å². The normalized spacial score (nSPS) is 19.0. The first-order chi connectivity index (χ1) is 15.0. The Kier molecular flexibility index (Phi) is 5.15. The minimum Gasteiger partial charge on any atom is -0.327 e. The number of hydrogen-bond acceptors (Lipinski definition) is 7. The molecule has 0 radical (unpaired) electrons. The van der Waals surface area contributed by atoms with Gasteiger partial charge in [0.15, 0.2) is 10.8 Å². The number of carbonyl (C=O) groups excluding carboxylic acids is 1. The third kappa shape index (κ3) is 3.79. The van der Waals surface area contributed by atoms with E-state index < -0.39 is 6.04 Å². The topological polar surface area (TPSA) is 97.0 Å². The van der Waals surface area contributed by atoms with Gasteiger partial charge in [-0.05, 0) is 60.4 Å². The van der Waals surface area contributed by atoms with Gasteiger partial charge in [0.25, 0.3) is 5.91 Å². The van der Waals surface area contributed by atoms with E-state index in [1.807, 2.05) is 42.6 Å². The lowest BCUT2D eigenvalue weighted by Crippen LogP contribution is -2.58. The summed E-state index contributed by atoms with van der Waals surface area (Å²) in [6, 6.07) is 11.3. The van der Waals surface area contributed by atoms with E-state index >= 15 is 0 Å². The SMILES string of the molecule is C[C@@H]1C(=N)N(C(=N)c2nc(C3CC3)ns2)CCN1C(=O)c1ccc(-c2cccs2)cc1. The zero-order valence-corrected chi connectivity index (χ0v) is 18.7. The van der Waals surface area contributed by atoms with Crippen molar-refractivity contribution in [3.8, 4) is 10.4 Å². The number of piperazine rings is 1. The lowest BCUT2D eigenvalue weighted by atomic mass is 10.1. The van der Waals surface area contributed by atoms with Crippen molar-refractivity contribution in [2.45, 2.75) is 31.7 Å². The molecule has 31 heavy (non-hydrogen) atoms. The fourth-order valence-corrected chi connectivity index (χ4v) is 5.18. The molecule has 7 nitrogen and oxygen atoms in total. The van der Waals surface area contributed by atoms with Gasteiger partial charge in [0.2, 0.25) is 0 Å². The van der Waals surface area contributed by atoms with Crippen molar-refractivity contribution in [2.24, 2.45) is 0 Å². The van der Waals surface area contributed by atoms with E-state index in [0.29, 0.717) is 29.6 Å². The molecule has 9 heteroatoms. The largest absolute Gasteiger partial charge is 0.327 e. The molecule has 2 fully saturated rings. The molecule has 158 valence electrons. The molecule has 0 spiro atoms. The highest BCUT2D eigenvalue weighted by molar-refractivity contribution is 7.13. The maximum atomic E-state index is 13.1. The summed E-state index contributed by atoms with van der Waals surface area (Å²) in [5.74, 6) is 1.62. The minimum atomic E-state index is -0.422. The number of aromatic nitrogens is 2. The van der Waals surface area contributed by atoms with E-state index in [4.69, 9.17) is 10.8 Å². The Morgan fingerprint density at radius 3 is 2.61 bits per heavy atom. The molecule has 2 aromatic heterocycles. The van der Waals surface area contributed by atoms with Gasteiger partial charge < -0.3 is 9.80 Å². The number of nitrogens with one attached hydrogen (secondary N) is 2. The van der Waals surface area contributed by atoms with Crippen LogP contribution in [0.15, 0.2) is 41.8 Å². The summed E-state index contributed by atoms with van der Waals surface area (Å²) in [6.45, 7) is 2.69. The van der Waals surface area contributed by atoms with Crippen molar-refractivity contribution >= 4 is 40.4 Å². The van der Waals surface area contributed by atoms with Crippen LogP contribution < -0.4 is 0 Å². The summed E-state index contributed by atoms with van der Waals surface area (Å²) in [7, 11) is 0.